The molecule has 1 amide bonds. The highest BCUT2D eigenvalue weighted by molar-refractivity contribution is 9.10. The molecule has 0 bridgehead atoms. The number of H-pyrrole nitrogens is 1. The second-order valence-corrected chi connectivity index (χ2v) is 5.52. The van der Waals surface area contributed by atoms with E-state index in [1.807, 2.05) is 0 Å². The summed E-state index contributed by atoms with van der Waals surface area (Å²) in [6.07, 6.45) is 3.15. The van der Waals surface area contributed by atoms with Crippen molar-refractivity contribution in [2.45, 2.75) is 19.4 Å². The van der Waals surface area contributed by atoms with Gasteiger partial charge in [-0.05, 0) is 30.7 Å². The van der Waals surface area contributed by atoms with Crippen LogP contribution in [-0.2, 0) is 11.2 Å². The topological polar surface area (TPSA) is 95.1 Å². The molecule has 0 aliphatic heterocycles. The van der Waals surface area contributed by atoms with Gasteiger partial charge in [-0.25, -0.2) is 9.78 Å². The third kappa shape index (κ3) is 3.91. The zero-order valence-corrected chi connectivity index (χ0v) is 12.8. The number of nitrogens with one attached hydrogen (secondary N) is 2. The number of carbonyl (C=O) groups is 2. The molecule has 2 rings (SSSR count). The molecular formula is C14H14BrN3O3. The van der Waals surface area contributed by atoms with Crippen LogP contribution >= 0.6 is 15.9 Å². The monoisotopic (exact) mass is 351 g/mol. The van der Waals surface area contributed by atoms with Crippen molar-refractivity contribution in [2.24, 2.45) is 0 Å². The number of rotatable bonds is 5. The highest BCUT2D eigenvalue weighted by atomic mass is 79.9. The predicted molar refractivity (Wildman–Crippen MR) is 80.1 cm³/mol. The summed E-state index contributed by atoms with van der Waals surface area (Å²) < 4.78 is 0.865. The number of hydrogen-bond donors (Lipinski definition) is 3. The highest BCUT2D eigenvalue weighted by Crippen LogP contribution is 2.16. The Morgan fingerprint density at radius 3 is 2.81 bits per heavy atom. The lowest BCUT2D eigenvalue weighted by Gasteiger charge is -2.14. The van der Waals surface area contributed by atoms with E-state index >= 15 is 0 Å². The van der Waals surface area contributed by atoms with Crippen LogP contribution in [0, 0.1) is 6.92 Å². The molecule has 0 fully saturated rings. The van der Waals surface area contributed by atoms with E-state index in [2.05, 4.69) is 31.2 Å². The lowest BCUT2D eigenvalue weighted by Crippen LogP contribution is -2.42. The van der Waals surface area contributed by atoms with E-state index in [9.17, 15) is 14.7 Å². The fourth-order valence-electron chi connectivity index (χ4n) is 1.93. The van der Waals surface area contributed by atoms with Gasteiger partial charge in [0.25, 0.3) is 5.91 Å². The van der Waals surface area contributed by atoms with Crippen LogP contribution in [0.15, 0.2) is 35.2 Å². The number of aromatic amines is 1. The van der Waals surface area contributed by atoms with E-state index < -0.39 is 17.9 Å². The van der Waals surface area contributed by atoms with Crippen LogP contribution in [-0.4, -0.2) is 33.0 Å². The predicted octanol–water partition coefficient (Wildman–Crippen LogP) is 1.91. The van der Waals surface area contributed by atoms with Crippen molar-refractivity contribution in [1.82, 2.24) is 15.3 Å². The van der Waals surface area contributed by atoms with Crippen molar-refractivity contribution in [3.8, 4) is 0 Å². The van der Waals surface area contributed by atoms with E-state index in [0.29, 0.717) is 11.3 Å². The molecule has 21 heavy (non-hydrogen) atoms. The van der Waals surface area contributed by atoms with Gasteiger partial charge >= 0.3 is 5.97 Å². The van der Waals surface area contributed by atoms with Crippen LogP contribution in [0.2, 0.25) is 0 Å². The first-order chi connectivity index (χ1) is 9.97. The molecule has 7 heteroatoms. The number of carboxylic acids is 1. The summed E-state index contributed by atoms with van der Waals surface area (Å²) in [5.74, 6) is -1.50. The molecule has 6 nitrogen and oxygen atoms in total. The van der Waals surface area contributed by atoms with Crippen molar-refractivity contribution in [3.63, 3.8) is 0 Å². The number of aromatic nitrogens is 2. The first kappa shape index (κ1) is 15.2. The van der Waals surface area contributed by atoms with Crippen molar-refractivity contribution in [2.75, 3.05) is 0 Å². The standard InChI is InChI=1S/C14H14BrN3O3/c1-8-4-9(15)2-3-11(8)13(19)18-12(14(20)21)5-10-6-16-7-17-10/h2-4,6-7,12H,5H2,1H3,(H,16,17)(H,18,19)(H,20,21). The highest BCUT2D eigenvalue weighted by Gasteiger charge is 2.22. The Morgan fingerprint density at radius 1 is 1.48 bits per heavy atom. The fraction of sp³-hybridized carbons (Fsp3) is 0.214. The van der Waals surface area contributed by atoms with Crippen molar-refractivity contribution < 1.29 is 14.7 Å². The summed E-state index contributed by atoms with van der Waals surface area (Å²) in [7, 11) is 0. The molecule has 0 aliphatic carbocycles. The summed E-state index contributed by atoms with van der Waals surface area (Å²) in [5, 5.41) is 11.8. The fourth-order valence-corrected chi connectivity index (χ4v) is 2.41. The van der Waals surface area contributed by atoms with Crippen molar-refractivity contribution >= 4 is 27.8 Å². The Hall–Kier alpha value is -2.15. The number of benzene rings is 1. The normalized spacial score (nSPS) is 11.9. The molecule has 0 saturated carbocycles. The number of carboxylic acid groups (broad SMARTS) is 1. The first-order valence-electron chi connectivity index (χ1n) is 6.24. The molecule has 3 N–H and O–H groups in total. The lowest BCUT2D eigenvalue weighted by molar-refractivity contribution is -0.139. The smallest absolute Gasteiger partial charge is 0.326 e. The van der Waals surface area contributed by atoms with Crippen LogP contribution in [0.5, 0.6) is 0 Å². The molecule has 0 aliphatic rings. The molecule has 1 unspecified atom stereocenters. The summed E-state index contributed by atoms with van der Waals surface area (Å²) in [5.41, 5.74) is 1.87. The Bertz CT molecular complexity index is 655. The SMILES string of the molecule is Cc1cc(Br)ccc1C(=O)NC(Cc1cnc[nH]1)C(=O)O. The number of carbonyl (C=O) groups excluding carboxylic acids is 1. The molecule has 0 spiro atoms. The molecular weight excluding hydrogens is 338 g/mol. The molecule has 110 valence electrons. The van der Waals surface area contributed by atoms with E-state index in [0.717, 1.165) is 10.0 Å². The van der Waals surface area contributed by atoms with E-state index in [-0.39, 0.29) is 6.42 Å². The van der Waals surface area contributed by atoms with Gasteiger partial charge in [0.15, 0.2) is 0 Å². The number of amides is 1. The summed E-state index contributed by atoms with van der Waals surface area (Å²) in [6, 6.07) is 4.19. The summed E-state index contributed by atoms with van der Waals surface area (Å²) in [6.45, 7) is 1.80. The van der Waals surface area contributed by atoms with Gasteiger partial charge in [0.1, 0.15) is 6.04 Å². The molecule has 2 aromatic rings. The summed E-state index contributed by atoms with van der Waals surface area (Å²) in [4.78, 5) is 30.1. The first-order valence-corrected chi connectivity index (χ1v) is 7.03. The van der Waals surface area contributed by atoms with Crippen LogP contribution in [0.1, 0.15) is 21.6 Å². The second kappa shape index (κ2) is 6.53. The van der Waals surface area contributed by atoms with Gasteiger partial charge in [-0.3, -0.25) is 4.79 Å². The number of halogens is 1. The quantitative estimate of drug-likeness (QED) is 0.766. The number of aryl methyl sites for hydroxylation is 1. The van der Waals surface area contributed by atoms with Crippen LogP contribution in [0.3, 0.4) is 0 Å². The summed E-state index contributed by atoms with van der Waals surface area (Å²) >= 11 is 3.32. The van der Waals surface area contributed by atoms with Gasteiger partial charge in [0, 0.05) is 28.3 Å². The molecule has 0 radical (unpaired) electrons. The van der Waals surface area contributed by atoms with Crippen LogP contribution in [0.25, 0.3) is 0 Å². The maximum atomic E-state index is 12.2. The van der Waals surface area contributed by atoms with Gasteiger partial charge in [-0.15, -0.1) is 0 Å². The molecule has 1 heterocycles. The Balaban J connectivity index is 2.12. The van der Waals surface area contributed by atoms with Gasteiger partial charge < -0.3 is 15.4 Å². The molecule has 1 atom stereocenters. The molecule has 0 saturated heterocycles. The zero-order chi connectivity index (χ0) is 15.4. The maximum Gasteiger partial charge on any atom is 0.326 e. The molecule has 1 aromatic carbocycles. The van der Waals surface area contributed by atoms with Gasteiger partial charge in [0.05, 0.1) is 6.33 Å². The van der Waals surface area contributed by atoms with Gasteiger partial charge in [-0.2, -0.15) is 0 Å². The van der Waals surface area contributed by atoms with E-state index in [4.69, 9.17) is 0 Å². The second-order valence-electron chi connectivity index (χ2n) is 4.60. The largest absolute Gasteiger partial charge is 0.480 e. The minimum atomic E-state index is -1.09. The van der Waals surface area contributed by atoms with Crippen LogP contribution in [0.4, 0.5) is 0 Å². The van der Waals surface area contributed by atoms with Crippen molar-refractivity contribution in [1.29, 1.82) is 0 Å². The minimum Gasteiger partial charge on any atom is -0.480 e. The van der Waals surface area contributed by atoms with Crippen molar-refractivity contribution in [3.05, 3.63) is 52.0 Å². The third-order valence-corrected chi connectivity index (χ3v) is 3.51. The Labute approximate surface area is 129 Å². The number of hydrogen-bond acceptors (Lipinski definition) is 3. The average molecular weight is 352 g/mol. The number of nitrogens with zero attached hydrogens (tertiary/aromatic N) is 1. The lowest BCUT2D eigenvalue weighted by atomic mass is 10.1. The van der Waals surface area contributed by atoms with E-state index in [1.54, 1.807) is 25.1 Å². The van der Waals surface area contributed by atoms with E-state index in [1.165, 1.54) is 12.5 Å². The van der Waals surface area contributed by atoms with Gasteiger partial charge in [0.2, 0.25) is 0 Å². The van der Waals surface area contributed by atoms with Crippen LogP contribution < -0.4 is 5.32 Å². The molecule has 1 aromatic heterocycles. The zero-order valence-electron chi connectivity index (χ0n) is 11.3. The maximum absolute atomic E-state index is 12.2. The average Bonchev–Trinajstić information content (AvgIpc) is 2.90. The Morgan fingerprint density at radius 2 is 2.24 bits per heavy atom. The number of imidazole rings is 1. The minimum absolute atomic E-state index is 0.149. The van der Waals surface area contributed by atoms with Gasteiger partial charge in [-0.1, -0.05) is 15.9 Å². The Kier molecular flexibility index (Phi) is 4.74. The third-order valence-electron chi connectivity index (χ3n) is 3.02. The number of aliphatic carboxylic acids is 1.